The van der Waals surface area contributed by atoms with Gasteiger partial charge in [-0.2, -0.15) is 0 Å². The number of carbonyl (C=O) groups is 1. The number of Topliss-reactive ketones (excluding diaryl/α,β-unsaturated/α-hetero) is 1. The topological polar surface area (TPSA) is 17.1 Å². The second kappa shape index (κ2) is 5.09. The molecule has 0 saturated heterocycles. The molecule has 0 saturated carbocycles. The lowest BCUT2D eigenvalue weighted by molar-refractivity contribution is 0.102. The van der Waals surface area contributed by atoms with Gasteiger partial charge >= 0.3 is 0 Å². The van der Waals surface area contributed by atoms with E-state index >= 15 is 0 Å². The molecule has 2 heteroatoms. The Morgan fingerprint density at radius 1 is 1.32 bits per heavy atom. The molecule has 0 amide bonds. The van der Waals surface area contributed by atoms with Gasteiger partial charge in [-0.05, 0) is 53.1 Å². The van der Waals surface area contributed by atoms with E-state index in [0.29, 0.717) is 11.2 Å². The number of ketones is 1. The number of hydrogen-bond acceptors (Lipinski definition) is 1. The van der Waals surface area contributed by atoms with Crippen molar-refractivity contribution in [2.75, 3.05) is 5.33 Å². The van der Waals surface area contributed by atoms with Crippen LogP contribution in [0.15, 0.2) is 30.3 Å². The first-order chi connectivity index (χ1) is 9.22. The van der Waals surface area contributed by atoms with E-state index in [-0.39, 0.29) is 5.78 Å². The monoisotopic (exact) mass is 316 g/mol. The van der Waals surface area contributed by atoms with E-state index in [2.05, 4.69) is 47.1 Å². The Balaban J connectivity index is 2.35. The van der Waals surface area contributed by atoms with Crippen LogP contribution in [0.5, 0.6) is 0 Å². The van der Waals surface area contributed by atoms with Gasteiger partial charge in [0.15, 0.2) is 5.78 Å². The molecule has 2 aromatic carbocycles. The Bertz CT molecular complexity index is 645. The molecule has 1 aliphatic rings. The number of alkyl halides is 1. The summed E-state index contributed by atoms with van der Waals surface area (Å²) in [5, 5.41) is 2.78. The molecular weight excluding hydrogens is 300 g/mol. The van der Waals surface area contributed by atoms with Crippen molar-refractivity contribution in [3.8, 4) is 0 Å². The van der Waals surface area contributed by atoms with Crippen molar-refractivity contribution in [2.24, 2.45) is 0 Å². The normalized spacial score (nSPS) is 18.3. The number of rotatable bonds is 2. The molecule has 1 atom stereocenters. The van der Waals surface area contributed by atoms with Crippen molar-refractivity contribution in [1.29, 1.82) is 0 Å². The molecule has 0 aliphatic heterocycles. The van der Waals surface area contributed by atoms with Crippen LogP contribution in [0.2, 0.25) is 0 Å². The SMILES string of the molecule is C[C@@H]1CCCc2c1cc(C(=O)CBr)c1ccccc21. The fraction of sp³-hybridized carbons (Fsp3) is 0.353. The lowest BCUT2D eigenvalue weighted by Gasteiger charge is -2.25. The quantitative estimate of drug-likeness (QED) is 0.571. The Labute approximate surface area is 122 Å². The maximum atomic E-state index is 12.2. The van der Waals surface area contributed by atoms with Gasteiger partial charge in [0.25, 0.3) is 0 Å². The van der Waals surface area contributed by atoms with Crippen LogP contribution in [-0.2, 0) is 6.42 Å². The van der Waals surface area contributed by atoms with Crippen LogP contribution in [0.1, 0.15) is 47.2 Å². The van der Waals surface area contributed by atoms with Gasteiger partial charge < -0.3 is 0 Å². The van der Waals surface area contributed by atoms with Crippen molar-refractivity contribution in [2.45, 2.75) is 32.1 Å². The van der Waals surface area contributed by atoms with Gasteiger partial charge in [-0.25, -0.2) is 0 Å². The van der Waals surface area contributed by atoms with E-state index < -0.39 is 0 Å². The number of carbonyl (C=O) groups excluding carboxylic acids is 1. The molecule has 0 N–H and O–H groups in total. The van der Waals surface area contributed by atoms with Crippen molar-refractivity contribution in [3.63, 3.8) is 0 Å². The highest BCUT2D eigenvalue weighted by molar-refractivity contribution is 9.09. The van der Waals surface area contributed by atoms with Crippen LogP contribution < -0.4 is 0 Å². The Hall–Kier alpha value is -1.15. The maximum Gasteiger partial charge on any atom is 0.174 e. The minimum Gasteiger partial charge on any atom is -0.293 e. The highest BCUT2D eigenvalue weighted by Gasteiger charge is 2.21. The van der Waals surface area contributed by atoms with Crippen molar-refractivity contribution in [1.82, 2.24) is 0 Å². The molecule has 2 aromatic rings. The summed E-state index contributed by atoms with van der Waals surface area (Å²) in [6.07, 6.45) is 3.63. The highest BCUT2D eigenvalue weighted by Crippen LogP contribution is 2.37. The number of halogens is 1. The molecule has 0 aromatic heterocycles. The van der Waals surface area contributed by atoms with Gasteiger partial charge in [0.1, 0.15) is 0 Å². The van der Waals surface area contributed by atoms with Gasteiger partial charge in [0.2, 0.25) is 0 Å². The number of aryl methyl sites for hydroxylation is 1. The predicted octanol–water partition coefficient (Wildman–Crippen LogP) is 4.86. The molecule has 1 aliphatic carbocycles. The Kier molecular flexibility index (Phi) is 3.44. The van der Waals surface area contributed by atoms with Crippen LogP contribution in [0.25, 0.3) is 10.8 Å². The standard InChI is InChI=1S/C17H17BrO/c1-11-5-4-8-13-12-6-2-3-7-14(12)16(9-15(11)13)17(19)10-18/h2-3,6-7,9,11H,4-5,8,10H2,1H3/t11-/m1/s1. The summed E-state index contributed by atoms with van der Waals surface area (Å²) >= 11 is 3.30. The summed E-state index contributed by atoms with van der Waals surface area (Å²) < 4.78 is 0. The average molecular weight is 317 g/mol. The third kappa shape index (κ3) is 2.12. The molecule has 0 bridgehead atoms. The van der Waals surface area contributed by atoms with Crippen LogP contribution in [0.3, 0.4) is 0 Å². The summed E-state index contributed by atoms with van der Waals surface area (Å²) in [6, 6.07) is 10.5. The number of benzene rings is 2. The highest BCUT2D eigenvalue weighted by atomic mass is 79.9. The van der Waals surface area contributed by atoms with Crippen molar-refractivity contribution < 1.29 is 4.79 Å². The zero-order valence-corrected chi connectivity index (χ0v) is 12.7. The van der Waals surface area contributed by atoms with Crippen molar-refractivity contribution in [3.05, 3.63) is 47.0 Å². The molecule has 3 rings (SSSR count). The average Bonchev–Trinajstić information content (AvgIpc) is 2.46. The molecule has 0 heterocycles. The molecule has 0 fully saturated rings. The van der Waals surface area contributed by atoms with Crippen LogP contribution in [0.4, 0.5) is 0 Å². The zero-order valence-electron chi connectivity index (χ0n) is 11.1. The molecular formula is C17H17BrO. The Morgan fingerprint density at radius 3 is 2.79 bits per heavy atom. The van der Waals surface area contributed by atoms with Gasteiger partial charge in [-0.15, -0.1) is 0 Å². The number of hydrogen-bond donors (Lipinski definition) is 0. The molecule has 98 valence electrons. The van der Waals surface area contributed by atoms with Crippen molar-refractivity contribution >= 4 is 32.5 Å². The lowest BCUT2D eigenvalue weighted by atomic mass is 9.79. The second-order valence-electron chi connectivity index (χ2n) is 5.39. The van der Waals surface area contributed by atoms with E-state index in [1.807, 2.05) is 6.07 Å². The first kappa shape index (κ1) is 12.9. The van der Waals surface area contributed by atoms with Crippen LogP contribution >= 0.6 is 15.9 Å². The smallest absolute Gasteiger partial charge is 0.174 e. The first-order valence-electron chi connectivity index (χ1n) is 6.86. The molecule has 0 unspecified atom stereocenters. The summed E-state index contributed by atoms with van der Waals surface area (Å²) in [5.74, 6) is 0.743. The Morgan fingerprint density at radius 2 is 2.05 bits per heavy atom. The van der Waals surface area contributed by atoms with E-state index in [4.69, 9.17) is 0 Å². The van der Waals surface area contributed by atoms with E-state index in [9.17, 15) is 4.79 Å². The first-order valence-corrected chi connectivity index (χ1v) is 7.98. The fourth-order valence-corrected chi connectivity index (χ4v) is 3.52. The van der Waals surface area contributed by atoms with Crippen LogP contribution in [0, 0.1) is 0 Å². The van der Waals surface area contributed by atoms with Gasteiger partial charge in [0.05, 0.1) is 5.33 Å². The summed E-state index contributed by atoms with van der Waals surface area (Å²) in [6.45, 7) is 2.27. The summed E-state index contributed by atoms with van der Waals surface area (Å²) in [7, 11) is 0. The minimum atomic E-state index is 0.178. The van der Waals surface area contributed by atoms with E-state index in [1.54, 1.807) is 0 Å². The molecule has 1 nitrogen and oxygen atoms in total. The number of fused-ring (bicyclic) bond motifs is 3. The predicted molar refractivity (Wildman–Crippen MR) is 83.4 cm³/mol. The second-order valence-corrected chi connectivity index (χ2v) is 5.95. The third-order valence-corrected chi connectivity index (χ3v) is 4.72. The summed E-state index contributed by atoms with van der Waals surface area (Å²) in [4.78, 5) is 12.2. The lowest BCUT2D eigenvalue weighted by Crippen LogP contribution is -2.11. The maximum absolute atomic E-state index is 12.2. The molecule has 19 heavy (non-hydrogen) atoms. The largest absolute Gasteiger partial charge is 0.293 e. The van der Waals surface area contributed by atoms with E-state index in [0.717, 1.165) is 17.4 Å². The van der Waals surface area contributed by atoms with Gasteiger partial charge in [0, 0.05) is 5.56 Å². The summed E-state index contributed by atoms with van der Waals surface area (Å²) in [5.41, 5.74) is 3.72. The zero-order chi connectivity index (χ0) is 13.4. The third-order valence-electron chi connectivity index (χ3n) is 4.21. The van der Waals surface area contributed by atoms with E-state index in [1.165, 1.54) is 29.4 Å². The fourth-order valence-electron chi connectivity index (χ4n) is 3.22. The van der Waals surface area contributed by atoms with Crippen LogP contribution in [-0.4, -0.2) is 11.1 Å². The van der Waals surface area contributed by atoms with Gasteiger partial charge in [-0.3, -0.25) is 4.79 Å². The van der Waals surface area contributed by atoms with Gasteiger partial charge in [-0.1, -0.05) is 47.1 Å². The molecule has 0 spiro atoms. The minimum absolute atomic E-state index is 0.178. The molecule has 0 radical (unpaired) electrons.